The van der Waals surface area contributed by atoms with E-state index in [0.717, 1.165) is 16.7 Å². The van der Waals surface area contributed by atoms with Gasteiger partial charge < -0.3 is 19.5 Å². The van der Waals surface area contributed by atoms with Gasteiger partial charge in [0.1, 0.15) is 11.5 Å². The number of para-hydroxylation sites is 2. The van der Waals surface area contributed by atoms with Crippen LogP contribution in [0.1, 0.15) is 39.9 Å². The first kappa shape index (κ1) is 23.3. The lowest BCUT2D eigenvalue weighted by atomic mass is 9.87. The predicted octanol–water partition coefficient (Wildman–Crippen LogP) is 5.45. The number of carbonyl (C=O) groups is 2. The molecule has 0 saturated heterocycles. The predicted molar refractivity (Wildman–Crippen MR) is 142 cm³/mol. The van der Waals surface area contributed by atoms with E-state index in [1.807, 2.05) is 67.6 Å². The van der Waals surface area contributed by atoms with Gasteiger partial charge >= 0.3 is 0 Å². The van der Waals surface area contributed by atoms with Gasteiger partial charge in [0.15, 0.2) is 11.5 Å². The van der Waals surface area contributed by atoms with Crippen LogP contribution in [-0.2, 0) is 4.79 Å². The van der Waals surface area contributed by atoms with Crippen molar-refractivity contribution in [3.8, 4) is 23.0 Å². The monoisotopic (exact) mass is 505 g/mol. The molecule has 2 aliphatic heterocycles. The van der Waals surface area contributed by atoms with Crippen LogP contribution in [0.15, 0.2) is 96.1 Å². The molecule has 0 aliphatic carbocycles. The molecule has 6 rings (SSSR count). The van der Waals surface area contributed by atoms with Crippen molar-refractivity contribution in [3.63, 3.8) is 0 Å². The maximum atomic E-state index is 13.3. The lowest BCUT2D eigenvalue weighted by Gasteiger charge is -2.26. The van der Waals surface area contributed by atoms with Crippen LogP contribution in [0.25, 0.3) is 0 Å². The van der Waals surface area contributed by atoms with Gasteiger partial charge in [-0.1, -0.05) is 48.5 Å². The number of hydrogen-bond donors (Lipinski definition) is 2. The van der Waals surface area contributed by atoms with E-state index < -0.39 is 5.92 Å². The van der Waals surface area contributed by atoms with Crippen LogP contribution in [-0.4, -0.2) is 24.3 Å². The molecular weight excluding hydrogens is 482 g/mol. The molecule has 188 valence electrons. The van der Waals surface area contributed by atoms with Gasteiger partial charge in [0.05, 0.1) is 11.6 Å². The number of hydrogen-bond acceptors (Lipinski definition) is 6. The summed E-state index contributed by atoms with van der Waals surface area (Å²) in [5.41, 5.74) is 6.83. The first-order valence-electron chi connectivity index (χ1n) is 12.1. The van der Waals surface area contributed by atoms with E-state index in [0.29, 0.717) is 40.0 Å². The Bertz CT molecular complexity index is 1530. The number of nitrogens with zero attached hydrogens (tertiary/aromatic N) is 1. The van der Waals surface area contributed by atoms with E-state index in [2.05, 4.69) is 15.8 Å². The van der Waals surface area contributed by atoms with Crippen LogP contribution in [0.4, 0.5) is 5.69 Å². The molecule has 2 heterocycles. The van der Waals surface area contributed by atoms with Gasteiger partial charge in [-0.2, -0.15) is 5.10 Å². The second-order valence-electron chi connectivity index (χ2n) is 8.88. The maximum Gasteiger partial charge on any atom is 0.255 e. The van der Waals surface area contributed by atoms with Gasteiger partial charge in [-0.25, -0.2) is 5.43 Å². The smallest absolute Gasteiger partial charge is 0.255 e. The second-order valence-corrected chi connectivity index (χ2v) is 8.88. The van der Waals surface area contributed by atoms with Crippen LogP contribution in [0.3, 0.4) is 0 Å². The third-order valence-corrected chi connectivity index (χ3v) is 6.47. The molecule has 0 aromatic heterocycles. The molecule has 38 heavy (non-hydrogen) atoms. The molecule has 8 heteroatoms. The summed E-state index contributed by atoms with van der Waals surface area (Å²) in [5, 5.41) is 7.22. The van der Waals surface area contributed by atoms with Crippen molar-refractivity contribution in [1.82, 2.24) is 5.43 Å². The second kappa shape index (κ2) is 9.74. The molecule has 8 nitrogen and oxygen atoms in total. The van der Waals surface area contributed by atoms with E-state index >= 15 is 0 Å². The number of amides is 2. The fourth-order valence-electron chi connectivity index (χ4n) is 4.50. The van der Waals surface area contributed by atoms with Crippen LogP contribution in [0.5, 0.6) is 23.0 Å². The van der Waals surface area contributed by atoms with Crippen molar-refractivity contribution in [2.45, 2.75) is 12.8 Å². The maximum absolute atomic E-state index is 13.3. The van der Waals surface area contributed by atoms with E-state index in [1.54, 1.807) is 30.3 Å². The molecule has 2 aliphatic rings. The number of nitrogens with one attached hydrogen (secondary N) is 2. The summed E-state index contributed by atoms with van der Waals surface area (Å²) in [5.74, 6) is 1.44. The average molecular weight is 506 g/mol. The van der Waals surface area contributed by atoms with Gasteiger partial charge in [0, 0.05) is 22.4 Å². The lowest BCUT2D eigenvalue weighted by molar-refractivity contribution is -0.121. The number of anilines is 1. The Morgan fingerprint density at radius 1 is 0.763 bits per heavy atom. The molecule has 4 aromatic rings. The van der Waals surface area contributed by atoms with E-state index in [-0.39, 0.29) is 18.6 Å². The average Bonchev–Trinajstić information content (AvgIpc) is 3.43. The SMILES string of the molecule is C/C(=N/NC(=O)C1c2ccccc2Oc2ccccc21)c1ccc(NC(=O)c2ccc3c(c2)OCO3)cc1. The molecule has 4 aromatic carbocycles. The molecule has 0 bridgehead atoms. The normalized spacial score (nSPS) is 13.7. The minimum atomic E-state index is -0.540. The van der Waals surface area contributed by atoms with E-state index in [1.165, 1.54) is 0 Å². The van der Waals surface area contributed by atoms with Crippen molar-refractivity contribution in [3.05, 3.63) is 113 Å². The third-order valence-electron chi connectivity index (χ3n) is 6.47. The lowest BCUT2D eigenvalue weighted by Crippen LogP contribution is -2.29. The topological polar surface area (TPSA) is 98.2 Å². The van der Waals surface area contributed by atoms with Crippen molar-refractivity contribution >= 4 is 23.2 Å². The Kier molecular flexibility index (Phi) is 5.97. The van der Waals surface area contributed by atoms with Gasteiger partial charge in [0.2, 0.25) is 6.79 Å². The molecule has 0 unspecified atom stereocenters. The molecule has 0 fully saturated rings. The summed E-state index contributed by atoms with van der Waals surface area (Å²) in [6, 6.07) is 27.3. The number of benzene rings is 4. The number of ether oxygens (including phenoxy) is 3. The molecule has 2 amide bonds. The minimum Gasteiger partial charge on any atom is -0.457 e. The summed E-state index contributed by atoms with van der Waals surface area (Å²) < 4.78 is 16.6. The van der Waals surface area contributed by atoms with Gasteiger partial charge in [-0.3, -0.25) is 9.59 Å². The molecule has 0 saturated carbocycles. The van der Waals surface area contributed by atoms with Gasteiger partial charge in [0.25, 0.3) is 11.8 Å². The summed E-state index contributed by atoms with van der Waals surface area (Å²) >= 11 is 0. The fourth-order valence-corrected chi connectivity index (χ4v) is 4.50. The number of carbonyl (C=O) groups excluding carboxylic acids is 2. The number of hydrazone groups is 1. The largest absolute Gasteiger partial charge is 0.457 e. The first-order valence-corrected chi connectivity index (χ1v) is 12.1. The van der Waals surface area contributed by atoms with E-state index in [4.69, 9.17) is 14.2 Å². The molecule has 0 spiro atoms. The fraction of sp³-hybridized carbons (Fsp3) is 0.100. The zero-order valence-electron chi connectivity index (χ0n) is 20.4. The molecular formula is C30H23N3O5. The van der Waals surface area contributed by atoms with Crippen LogP contribution >= 0.6 is 0 Å². The van der Waals surface area contributed by atoms with Crippen molar-refractivity contribution in [2.24, 2.45) is 5.10 Å². The Labute approximate surface area is 218 Å². The third kappa shape index (κ3) is 4.43. The summed E-state index contributed by atoms with van der Waals surface area (Å²) in [6.07, 6.45) is 0. The van der Waals surface area contributed by atoms with Crippen LogP contribution in [0, 0.1) is 0 Å². The Morgan fingerprint density at radius 2 is 1.39 bits per heavy atom. The number of rotatable bonds is 5. The zero-order valence-corrected chi connectivity index (χ0v) is 20.4. The van der Waals surface area contributed by atoms with E-state index in [9.17, 15) is 9.59 Å². The van der Waals surface area contributed by atoms with Crippen molar-refractivity contribution in [1.29, 1.82) is 0 Å². The first-order chi connectivity index (χ1) is 18.6. The highest BCUT2D eigenvalue weighted by Gasteiger charge is 2.32. The highest BCUT2D eigenvalue weighted by Crippen LogP contribution is 2.43. The standard InChI is InChI=1S/C30H23N3O5/c1-18(19-10-13-21(14-11-19)31-29(34)20-12-15-26-27(16-20)37-17-36-26)32-33-30(35)28-22-6-2-4-8-24(22)38-25-9-5-3-7-23(25)28/h2-16,28H,17H2,1H3,(H,31,34)(H,33,35)/b32-18-. The Hall–Kier alpha value is -5.11. The molecule has 0 atom stereocenters. The quantitative estimate of drug-likeness (QED) is 0.278. The summed E-state index contributed by atoms with van der Waals surface area (Å²) in [4.78, 5) is 26.0. The van der Waals surface area contributed by atoms with Crippen LogP contribution < -0.4 is 25.0 Å². The van der Waals surface area contributed by atoms with Gasteiger partial charge in [-0.05, 0) is 55.0 Å². The Balaban J connectivity index is 1.14. The number of fused-ring (bicyclic) bond motifs is 3. The van der Waals surface area contributed by atoms with Crippen molar-refractivity contribution in [2.75, 3.05) is 12.1 Å². The molecule has 0 radical (unpaired) electrons. The summed E-state index contributed by atoms with van der Waals surface area (Å²) in [7, 11) is 0. The van der Waals surface area contributed by atoms with Crippen LogP contribution in [0.2, 0.25) is 0 Å². The van der Waals surface area contributed by atoms with Gasteiger partial charge in [-0.15, -0.1) is 0 Å². The minimum absolute atomic E-state index is 0.152. The Morgan fingerprint density at radius 3 is 2.11 bits per heavy atom. The zero-order chi connectivity index (χ0) is 26.1. The van der Waals surface area contributed by atoms with Crippen molar-refractivity contribution < 1.29 is 23.8 Å². The summed E-state index contributed by atoms with van der Waals surface area (Å²) in [6.45, 7) is 1.96. The highest BCUT2D eigenvalue weighted by molar-refractivity contribution is 6.05. The molecule has 2 N–H and O–H groups in total. The highest BCUT2D eigenvalue weighted by atomic mass is 16.7.